The minimum absolute atomic E-state index is 0.0895. The van der Waals surface area contributed by atoms with Crippen molar-refractivity contribution in [1.82, 2.24) is 4.90 Å². The lowest BCUT2D eigenvalue weighted by Gasteiger charge is -2.28. The molecule has 1 aliphatic heterocycles. The van der Waals surface area contributed by atoms with E-state index in [1.165, 1.54) is 0 Å². The van der Waals surface area contributed by atoms with Gasteiger partial charge in [-0.05, 0) is 31.9 Å². The maximum Gasteiger partial charge on any atom is 0.306 e. The van der Waals surface area contributed by atoms with Gasteiger partial charge in [0.2, 0.25) is 0 Å². The predicted octanol–water partition coefficient (Wildman–Crippen LogP) is 2.10. The first-order valence-electron chi connectivity index (χ1n) is 7.33. The minimum atomic E-state index is -0.120. The van der Waals surface area contributed by atoms with Crippen LogP contribution in [0.2, 0.25) is 0 Å². The molecule has 2 rings (SSSR count). The summed E-state index contributed by atoms with van der Waals surface area (Å²) in [5.41, 5.74) is 7.15. The molecule has 1 fully saturated rings. The highest BCUT2D eigenvalue weighted by Gasteiger charge is 2.20. The molecule has 1 unspecified atom stereocenters. The number of piperidine rings is 1. The first-order chi connectivity index (χ1) is 9.65. The quantitative estimate of drug-likeness (QED) is 0.837. The van der Waals surface area contributed by atoms with Crippen LogP contribution in [0.15, 0.2) is 30.3 Å². The molecule has 0 amide bonds. The molecule has 1 heterocycles. The summed E-state index contributed by atoms with van der Waals surface area (Å²) in [6.45, 7) is 2.00. The summed E-state index contributed by atoms with van der Waals surface area (Å²) in [4.78, 5) is 14.1. The van der Waals surface area contributed by atoms with Crippen molar-refractivity contribution < 1.29 is 9.53 Å². The highest BCUT2D eigenvalue weighted by molar-refractivity contribution is 5.69. The molecule has 1 atom stereocenters. The maximum absolute atomic E-state index is 11.8. The molecule has 110 valence electrons. The van der Waals surface area contributed by atoms with Crippen LogP contribution in [0, 0.1) is 0 Å². The zero-order chi connectivity index (χ0) is 14.4. The Morgan fingerprint density at radius 1 is 1.35 bits per heavy atom. The fourth-order valence-electron chi connectivity index (χ4n) is 2.49. The molecule has 1 saturated heterocycles. The van der Waals surface area contributed by atoms with Crippen molar-refractivity contribution in [2.24, 2.45) is 5.73 Å². The van der Waals surface area contributed by atoms with Crippen molar-refractivity contribution in [2.45, 2.75) is 37.8 Å². The van der Waals surface area contributed by atoms with Crippen LogP contribution < -0.4 is 5.73 Å². The van der Waals surface area contributed by atoms with E-state index in [1.54, 1.807) is 0 Å². The monoisotopic (exact) mass is 276 g/mol. The Morgan fingerprint density at radius 3 is 2.65 bits per heavy atom. The van der Waals surface area contributed by atoms with Gasteiger partial charge >= 0.3 is 5.97 Å². The van der Waals surface area contributed by atoms with Crippen LogP contribution in [0.25, 0.3) is 0 Å². The summed E-state index contributed by atoms with van der Waals surface area (Å²) in [7, 11) is 2.09. The van der Waals surface area contributed by atoms with Gasteiger partial charge in [-0.15, -0.1) is 0 Å². The number of rotatable bonds is 5. The van der Waals surface area contributed by atoms with Crippen molar-refractivity contribution >= 4 is 5.97 Å². The predicted molar refractivity (Wildman–Crippen MR) is 79.2 cm³/mol. The van der Waals surface area contributed by atoms with Crippen LogP contribution in [-0.4, -0.2) is 37.1 Å². The molecule has 1 aromatic carbocycles. The van der Waals surface area contributed by atoms with Crippen molar-refractivity contribution in [3.63, 3.8) is 0 Å². The highest BCUT2D eigenvalue weighted by Crippen LogP contribution is 2.17. The SMILES string of the molecule is CN1CCC(OC(=O)CCC(N)c2ccccc2)CC1. The molecule has 0 spiro atoms. The number of ether oxygens (including phenoxy) is 1. The lowest BCUT2D eigenvalue weighted by molar-refractivity contribution is -0.151. The molecular weight excluding hydrogens is 252 g/mol. The van der Waals surface area contributed by atoms with Crippen LogP contribution >= 0.6 is 0 Å². The first kappa shape index (κ1) is 15.0. The Labute approximate surface area is 120 Å². The van der Waals surface area contributed by atoms with Crippen LogP contribution in [0.5, 0.6) is 0 Å². The normalized spacial score (nSPS) is 18.7. The molecule has 0 aromatic heterocycles. The van der Waals surface area contributed by atoms with E-state index in [0.29, 0.717) is 12.8 Å². The van der Waals surface area contributed by atoms with E-state index in [2.05, 4.69) is 11.9 Å². The smallest absolute Gasteiger partial charge is 0.306 e. The Hall–Kier alpha value is -1.39. The molecule has 1 aliphatic rings. The standard InChI is InChI=1S/C16H24N2O2/c1-18-11-9-14(10-12-18)20-16(19)8-7-15(17)13-5-3-2-4-6-13/h2-6,14-15H,7-12,17H2,1H3. The van der Waals surface area contributed by atoms with Gasteiger partial charge < -0.3 is 15.4 Å². The fraction of sp³-hybridized carbons (Fsp3) is 0.562. The number of esters is 1. The lowest BCUT2D eigenvalue weighted by atomic mass is 10.0. The van der Waals surface area contributed by atoms with Gasteiger partial charge in [0.15, 0.2) is 0 Å². The first-order valence-corrected chi connectivity index (χ1v) is 7.33. The molecule has 0 aliphatic carbocycles. The zero-order valence-electron chi connectivity index (χ0n) is 12.1. The molecule has 20 heavy (non-hydrogen) atoms. The summed E-state index contributed by atoms with van der Waals surface area (Å²) in [6.07, 6.45) is 2.99. The summed E-state index contributed by atoms with van der Waals surface area (Å²) in [5.74, 6) is -0.120. The molecule has 0 saturated carbocycles. The number of hydrogen-bond acceptors (Lipinski definition) is 4. The molecule has 2 N–H and O–H groups in total. The summed E-state index contributed by atoms with van der Waals surface area (Å²) in [6, 6.07) is 9.78. The topological polar surface area (TPSA) is 55.6 Å². The summed E-state index contributed by atoms with van der Waals surface area (Å²) >= 11 is 0. The van der Waals surface area contributed by atoms with Gasteiger partial charge in [-0.3, -0.25) is 4.79 Å². The number of benzene rings is 1. The number of carbonyl (C=O) groups excluding carboxylic acids is 1. The number of nitrogens with two attached hydrogens (primary N) is 1. The van der Waals surface area contributed by atoms with E-state index in [-0.39, 0.29) is 18.1 Å². The molecule has 0 bridgehead atoms. The Balaban J connectivity index is 1.70. The van der Waals surface area contributed by atoms with Crippen LogP contribution in [0.1, 0.15) is 37.3 Å². The van der Waals surface area contributed by atoms with Gasteiger partial charge in [-0.2, -0.15) is 0 Å². The Kier molecular flexibility index (Phi) is 5.56. The third kappa shape index (κ3) is 4.62. The molecule has 0 radical (unpaired) electrons. The third-order valence-corrected chi connectivity index (χ3v) is 3.85. The average Bonchev–Trinajstić information content (AvgIpc) is 2.48. The minimum Gasteiger partial charge on any atom is -0.462 e. The van der Waals surface area contributed by atoms with Gasteiger partial charge in [0.05, 0.1) is 0 Å². The van der Waals surface area contributed by atoms with E-state index >= 15 is 0 Å². The molecule has 1 aromatic rings. The molecule has 4 heteroatoms. The van der Waals surface area contributed by atoms with Gasteiger partial charge in [0, 0.05) is 25.6 Å². The van der Waals surface area contributed by atoms with Gasteiger partial charge in [-0.25, -0.2) is 0 Å². The lowest BCUT2D eigenvalue weighted by Crippen LogP contribution is -2.35. The fourth-order valence-corrected chi connectivity index (χ4v) is 2.49. The largest absolute Gasteiger partial charge is 0.462 e. The highest BCUT2D eigenvalue weighted by atomic mass is 16.5. The van der Waals surface area contributed by atoms with Gasteiger partial charge in [0.1, 0.15) is 6.10 Å². The second-order valence-electron chi connectivity index (χ2n) is 5.55. The van der Waals surface area contributed by atoms with Gasteiger partial charge in [-0.1, -0.05) is 30.3 Å². The summed E-state index contributed by atoms with van der Waals surface area (Å²) < 4.78 is 5.50. The van der Waals surface area contributed by atoms with E-state index in [9.17, 15) is 4.79 Å². The zero-order valence-corrected chi connectivity index (χ0v) is 12.1. The van der Waals surface area contributed by atoms with Crippen LogP contribution in [0.4, 0.5) is 0 Å². The Bertz CT molecular complexity index is 414. The number of likely N-dealkylation sites (tertiary alicyclic amines) is 1. The number of carbonyl (C=O) groups is 1. The van der Waals surface area contributed by atoms with Crippen molar-refractivity contribution in [2.75, 3.05) is 20.1 Å². The average molecular weight is 276 g/mol. The van der Waals surface area contributed by atoms with Crippen molar-refractivity contribution in [3.8, 4) is 0 Å². The second kappa shape index (κ2) is 7.41. The van der Waals surface area contributed by atoms with Gasteiger partial charge in [0.25, 0.3) is 0 Å². The third-order valence-electron chi connectivity index (χ3n) is 3.85. The molecular formula is C16H24N2O2. The van der Waals surface area contributed by atoms with Crippen LogP contribution in [-0.2, 0) is 9.53 Å². The van der Waals surface area contributed by atoms with Crippen LogP contribution in [0.3, 0.4) is 0 Å². The van der Waals surface area contributed by atoms with Crippen molar-refractivity contribution in [1.29, 1.82) is 0 Å². The summed E-state index contributed by atoms with van der Waals surface area (Å²) in [5, 5.41) is 0. The van der Waals surface area contributed by atoms with E-state index in [4.69, 9.17) is 10.5 Å². The van der Waals surface area contributed by atoms with Crippen molar-refractivity contribution in [3.05, 3.63) is 35.9 Å². The number of hydrogen-bond donors (Lipinski definition) is 1. The Morgan fingerprint density at radius 2 is 2.00 bits per heavy atom. The maximum atomic E-state index is 11.8. The number of nitrogens with zero attached hydrogens (tertiary/aromatic N) is 1. The van der Waals surface area contributed by atoms with E-state index in [0.717, 1.165) is 31.5 Å². The van der Waals surface area contributed by atoms with E-state index in [1.807, 2.05) is 30.3 Å². The second-order valence-corrected chi connectivity index (χ2v) is 5.55. The van der Waals surface area contributed by atoms with E-state index < -0.39 is 0 Å². The molecule has 4 nitrogen and oxygen atoms in total.